The molecule has 0 bridgehead atoms. The molecule has 1 unspecified atom stereocenters. The Morgan fingerprint density at radius 1 is 1.12 bits per heavy atom. The van der Waals surface area contributed by atoms with Crippen LogP contribution in [0.2, 0.25) is 6.04 Å². The molecule has 0 radical (unpaired) electrons. The number of ether oxygens (including phenoxy) is 1. The van der Waals surface area contributed by atoms with Crippen molar-refractivity contribution in [1.82, 2.24) is 0 Å². The summed E-state index contributed by atoms with van der Waals surface area (Å²) in [4.78, 5) is 9.93. The molecular formula is C9H20O6Si. The first-order chi connectivity index (χ1) is 7.76. The lowest BCUT2D eigenvalue weighted by Crippen LogP contribution is -2.42. The van der Waals surface area contributed by atoms with E-state index >= 15 is 0 Å². The summed E-state index contributed by atoms with van der Waals surface area (Å²) in [6.45, 7) is 1.77. The Hall–Kier alpha value is -0.0231. The Morgan fingerprint density at radius 2 is 1.75 bits per heavy atom. The SMILES string of the molecule is CO[Si](CCCOOCC1CO1)(OC)OC. The van der Waals surface area contributed by atoms with E-state index in [0.717, 1.165) is 13.0 Å². The Labute approximate surface area is 97.0 Å². The van der Waals surface area contributed by atoms with E-state index in [-0.39, 0.29) is 6.10 Å². The lowest BCUT2D eigenvalue weighted by atomic mass is 10.5. The molecule has 0 N–H and O–H groups in total. The van der Waals surface area contributed by atoms with E-state index in [0.29, 0.717) is 19.3 Å². The number of rotatable bonds is 10. The minimum Gasteiger partial charge on any atom is -0.377 e. The molecule has 16 heavy (non-hydrogen) atoms. The van der Waals surface area contributed by atoms with E-state index in [4.69, 9.17) is 27.8 Å². The summed E-state index contributed by atoms with van der Waals surface area (Å²) in [5, 5.41) is 0. The highest BCUT2D eigenvalue weighted by molar-refractivity contribution is 6.60. The molecule has 1 aliphatic rings. The second-order valence-corrected chi connectivity index (χ2v) is 6.55. The van der Waals surface area contributed by atoms with Crippen molar-refractivity contribution in [3.63, 3.8) is 0 Å². The van der Waals surface area contributed by atoms with Crippen LogP contribution in [-0.2, 0) is 27.8 Å². The minimum atomic E-state index is -2.45. The monoisotopic (exact) mass is 252 g/mol. The van der Waals surface area contributed by atoms with Gasteiger partial charge in [0.2, 0.25) is 0 Å². The van der Waals surface area contributed by atoms with Crippen molar-refractivity contribution in [3.05, 3.63) is 0 Å². The van der Waals surface area contributed by atoms with Gasteiger partial charge in [-0.1, -0.05) is 0 Å². The van der Waals surface area contributed by atoms with Crippen molar-refractivity contribution in [2.75, 3.05) is 41.2 Å². The molecule has 0 spiro atoms. The lowest BCUT2D eigenvalue weighted by molar-refractivity contribution is -0.296. The molecule has 1 heterocycles. The van der Waals surface area contributed by atoms with Crippen LogP contribution in [-0.4, -0.2) is 56.1 Å². The molecular weight excluding hydrogens is 232 g/mol. The standard InChI is InChI=1S/C9H20O6Si/c1-10-16(11-2,12-3)6-4-5-14-15-8-9-7-13-9/h9H,4-8H2,1-3H3. The van der Waals surface area contributed by atoms with Crippen molar-refractivity contribution in [1.29, 1.82) is 0 Å². The molecule has 0 aromatic rings. The van der Waals surface area contributed by atoms with Gasteiger partial charge < -0.3 is 18.0 Å². The minimum absolute atomic E-state index is 0.227. The van der Waals surface area contributed by atoms with Gasteiger partial charge in [0.1, 0.15) is 12.7 Å². The van der Waals surface area contributed by atoms with Gasteiger partial charge in [-0.3, -0.25) is 0 Å². The largest absolute Gasteiger partial charge is 0.500 e. The van der Waals surface area contributed by atoms with Crippen LogP contribution in [0.1, 0.15) is 6.42 Å². The molecule has 1 atom stereocenters. The highest BCUT2D eigenvalue weighted by Crippen LogP contribution is 2.15. The van der Waals surface area contributed by atoms with Crippen molar-refractivity contribution in [2.24, 2.45) is 0 Å². The van der Waals surface area contributed by atoms with Gasteiger partial charge in [0.25, 0.3) is 0 Å². The van der Waals surface area contributed by atoms with Gasteiger partial charge in [-0.05, 0) is 6.42 Å². The Bertz CT molecular complexity index is 175. The normalized spacial score (nSPS) is 20.1. The second kappa shape index (κ2) is 7.33. The summed E-state index contributed by atoms with van der Waals surface area (Å²) in [6, 6.07) is 0.708. The van der Waals surface area contributed by atoms with E-state index < -0.39 is 8.80 Å². The van der Waals surface area contributed by atoms with Crippen LogP contribution in [0.3, 0.4) is 0 Å². The molecule has 1 aliphatic heterocycles. The average molecular weight is 252 g/mol. The maximum atomic E-state index is 5.27. The van der Waals surface area contributed by atoms with Gasteiger partial charge in [0.05, 0.1) is 13.2 Å². The average Bonchev–Trinajstić information content (AvgIpc) is 3.13. The fraction of sp³-hybridized carbons (Fsp3) is 1.00. The van der Waals surface area contributed by atoms with Crippen molar-refractivity contribution in [3.8, 4) is 0 Å². The highest BCUT2D eigenvalue weighted by Gasteiger charge is 2.36. The van der Waals surface area contributed by atoms with Gasteiger partial charge in [0, 0.05) is 27.4 Å². The lowest BCUT2D eigenvalue weighted by Gasteiger charge is -2.23. The second-order valence-electron chi connectivity index (χ2n) is 3.46. The summed E-state index contributed by atoms with van der Waals surface area (Å²) in [6.07, 6.45) is 0.998. The Morgan fingerprint density at radius 3 is 2.25 bits per heavy atom. The molecule has 0 aromatic heterocycles. The van der Waals surface area contributed by atoms with E-state index in [1.807, 2.05) is 0 Å². The quantitative estimate of drug-likeness (QED) is 0.187. The smallest absolute Gasteiger partial charge is 0.377 e. The van der Waals surface area contributed by atoms with Crippen molar-refractivity contribution in [2.45, 2.75) is 18.6 Å². The van der Waals surface area contributed by atoms with E-state index in [2.05, 4.69) is 0 Å². The first-order valence-electron chi connectivity index (χ1n) is 5.28. The van der Waals surface area contributed by atoms with Crippen LogP contribution in [0.15, 0.2) is 0 Å². The predicted molar refractivity (Wildman–Crippen MR) is 57.8 cm³/mol. The molecule has 1 fully saturated rings. The molecule has 0 amide bonds. The van der Waals surface area contributed by atoms with Crippen LogP contribution in [0.4, 0.5) is 0 Å². The number of hydrogen-bond donors (Lipinski definition) is 0. The first kappa shape index (κ1) is 14.0. The van der Waals surface area contributed by atoms with Crippen LogP contribution in [0.5, 0.6) is 0 Å². The third kappa shape index (κ3) is 4.87. The van der Waals surface area contributed by atoms with Gasteiger partial charge in [-0.2, -0.15) is 0 Å². The number of hydrogen-bond acceptors (Lipinski definition) is 6. The zero-order valence-corrected chi connectivity index (χ0v) is 11.1. The summed E-state index contributed by atoms with van der Waals surface area (Å²) >= 11 is 0. The van der Waals surface area contributed by atoms with Crippen LogP contribution >= 0.6 is 0 Å². The summed E-state index contributed by atoms with van der Waals surface area (Å²) in [5.41, 5.74) is 0. The van der Waals surface area contributed by atoms with E-state index in [1.54, 1.807) is 21.3 Å². The van der Waals surface area contributed by atoms with Crippen molar-refractivity contribution < 1.29 is 27.8 Å². The van der Waals surface area contributed by atoms with Gasteiger partial charge in [-0.15, -0.1) is 0 Å². The molecule has 0 aliphatic carbocycles. The molecule has 0 saturated carbocycles. The first-order valence-corrected chi connectivity index (χ1v) is 7.21. The van der Waals surface area contributed by atoms with Crippen LogP contribution in [0, 0.1) is 0 Å². The molecule has 96 valence electrons. The third-order valence-corrected chi connectivity index (χ3v) is 5.22. The van der Waals surface area contributed by atoms with Gasteiger partial charge >= 0.3 is 8.80 Å². The predicted octanol–water partition coefficient (Wildman–Crippen LogP) is 0.602. The third-order valence-electron chi connectivity index (χ3n) is 2.38. The zero-order valence-electron chi connectivity index (χ0n) is 10.1. The molecule has 7 heteroatoms. The van der Waals surface area contributed by atoms with Crippen LogP contribution < -0.4 is 0 Å². The Kier molecular flexibility index (Phi) is 6.43. The van der Waals surface area contributed by atoms with E-state index in [9.17, 15) is 0 Å². The van der Waals surface area contributed by atoms with Crippen molar-refractivity contribution >= 4 is 8.80 Å². The van der Waals surface area contributed by atoms with Gasteiger partial charge in [0.15, 0.2) is 0 Å². The zero-order chi connectivity index (χ0) is 11.9. The highest BCUT2D eigenvalue weighted by atomic mass is 28.4. The fourth-order valence-corrected chi connectivity index (χ4v) is 2.94. The summed E-state index contributed by atoms with van der Waals surface area (Å²) in [7, 11) is 2.35. The van der Waals surface area contributed by atoms with E-state index in [1.165, 1.54) is 0 Å². The maximum Gasteiger partial charge on any atom is 0.500 e. The fourth-order valence-electron chi connectivity index (χ4n) is 1.25. The molecule has 1 rings (SSSR count). The van der Waals surface area contributed by atoms with Gasteiger partial charge in [-0.25, -0.2) is 9.78 Å². The summed E-state index contributed by atoms with van der Waals surface area (Å²) in [5.74, 6) is 0. The maximum absolute atomic E-state index is 5.27. The topological polar surface area (TPSA) is 58.7 Å². The molecule has 6 nitrogen and oxygen atoms in total. The molecule has 1 saturated heterocycles. The summed E-state index contributed by atoms with van der Waals surface area (Å²) < 4.78 is 20.8. The Balaban J connectivity index is 1.98. The molecule has 0 aromatic carbocycles. The van der Waals surface area contributed by atoms with Crippen LogP contribution in [0.25, 0.3) is 0 Å². The number of epoxide rings is 1.